The molecule has 4 atom stereocenters. The van der Waals surface area contributed by atoms with E-state index < -0.39 is 55.1 Å². The largest absolute Gasteiger partial charge is 0.453 e. The van der Waals surface area contributed by atoms with Gasteiger partial charge < -0.3 is 30.0 Å². The van der Waals surface area contributed by atoms with E-state index in [0.29, 0.717) is 37.2 Å². The molecule has 0 saturated carbocycles. The number of carbonyl (C=O) groups excluding carboxylic acids is 4. The number of imidazole rings is 1. The minimum atomic E-state index is -3.09. The van der Waals surface area contributed by atoms with Crippen molar-refractivity contribution in [2.75, 3.05) is 25.7 Å². The number of aryl methyl sites for hydroxylation is 1. The number of aromatic amines is 1. The predicted molar refractivity (Wildman–Crippen MR) is 234 cm³/mol. The summed E-state index contributed by atoms with van der Waals surface area (Å²) in [5, 5.41) is 7.26. The number of ether oxygens (including phenoxy) is 2. The fraction of sp³-hybridized carbons (Fsp3) is 0.333. The van der Waals surface area contributed by atoms with Crippen molar-refractivity contribution in [2.45, 2.75) is 76.0 Å². The molecule has 13 nitrogen and oxygen atoms in total. The van der Waals surface area contributed by atoms with Gasteiger partial charge in [0.2, 0.25) is 11.8 Å². The Morgan fingerprint density at radius 2 is 1.56 bits per heavy atom. The first-order valence-electron chi connectivity index (χ1n) is 21.1. The molecule has 4 aliphatic heterocycles. The molecule has 1 saturated heterocycles. The number of halogens is 2. The van der Waals surface area contributed by atoms with E-state index in [1.54, 1.807) is 31.1 Å². The Morgan fingerprint density at radius 1 is 0.873 bits per heavy atom. The van der Waals surface area contributed by atoms with E-state index >= 15 is 0 Å². The number of rotatable bonds is 9. The van der Waals surface area contributed by atoms with Crippen LogP contribution in [0.15, 0.2) is 96.3 Å². The lowest BCUT2D eigenvalue weighted by atomic mass is 9.94. The molecule has 9 rings (SSSR count). The third kappa shape index (κ3) is 7.92. The van der Waals surface area contributed by atoms with Crippen molar-refractivity contribution in [3.05, 3.63) is 114 Å². The van der Waals surface area contributed by atoms with E-state index in [1.807, 2.05) is 42.5 Å². The number of nitrogens with zero attached hydrogens (tertiary/aromatic N) is 4. The van der Waals surface area contributed by atoms with Crippen LogP contribution in [0.25, 0.3) is 38.7 Å². The van der Waals surface area contributed by atoms with Crippen molar-refractivity contribution < 1.29 is 37.4 Å². The van der Waals surface area contributed by atoms with Gasteiger partial charge >= 0.3 is 12.2 Å². The quantitative estimate of drug-likeness (QED) is 0.136. The van der Waals surface area contributed by atoms with Gasteiger partial charge in [-0.15, -0.1) is 0 Å². The topological polar surface area (TPSA) is 158 Å². The van der Waals surface area contributed by atoms with Gasteiger partial charge in [-0.3, -0.25) is 19.5 Å². The summed E-state index contributed by atoms with van der Waals surface area (Å²) < 4.78 is 39.3. The molecule has 63 heavy (non-hydrogen) atoms. The summed E-state index contributed by atoms with van der Waals surface area (Å²) in [4.78, 5) is 67.4. The van der Waals surface area contributed by atoms with Crippen LogP contribution in [-0.2, 0) is 31.9 Å². The number of likely N-dealkylation sites (tertiary alicyclic amines) is 1. The normalized spacial score (nSPS) is 20.6. The summed E-state index contributed by atoms with van der Waals surface area (Å²) in [5.41, 5.74) is 9.10. The van der Waals surface area contributed by atoms with Gasteiger partial charge in [0.05, 0.1) is 50.4 Å². The monoisotopic (exact) mass is 855 g/mol. The average molecular weight is 856 g/mol. The van der Waals surface area contributed by atoms with Gasteiger partial charge in [0.1, 0.15) is 17.9 Å². The van der Waals surface area contributed by atoms with Gasteiger partial charge in [-0.25, -0.2) is 23.4 Å². The molecule has 1 aromatic heterocycles. The number of hydrogen-bond donors (Lipinski definition) is 3. The Hall–Kier alpha value is -6.90. The lowest BCUT2D eigenvalue weighted by Gasteiger charge is -2.30. The number of H-pyrrole nitrogens is 1. The molecule has 4 aliphatic rings. The molecule has 4 amide bonds. The van der Waals surface area contributed by atoms with Crippen LogP contribution < -0.4 is 15.5 Å². The number of alkyl carbamates (subject to hydrolysis) is 2. The molecule has 0 spiro atoms. The van der Waals surface area contributed by atoms with Gasteiger partial charge in [0.15, 0.2) is 0 Å². The van der Waals surface area contributed by atoms with Crippen LogP contribution in [0.1, 0.15) is 61.7 Å². The molecule has 15 heteroatoms. The number of carbonyl (C=O) groups is 4. The number of benzene rings is 4. The first-order chi connectivity index (χ1) is 30.3. The van der Waals surface area contributed by atoms with Gasteiger partial charge in [-0.05, 0) is 80.6 Å². The van der Waals surface area contributed by atoms with E-state index in [0.717, 1.165) is 66.0 Å². The maximum Gasteiger partial charge on any atom is 0.407 e. The zero-order valence-electron chi connectivity index (χ0n) is 35.3. The fourth-order valence-corrected chi connectivity index (χ4v) is 9.36. The third-order valence-electron chi connectivity index (χ3n) is 12.6. The highest BCUT2D eigenvalue weighted by atomic mass is 19.3. The average Bonchev–Trinajstić information content (AvgIpc) is 4.10. The fourth-order valence-electron chi connectivity index (χ4n) is 9.36. The standard InChI is InChI=1S/C48H47F2N7O6/c1-26(2)41(55-47(61)63-4)45(59)56-25-48(49,50)22-40(56)37-20-35(23-51-37)33-15-14-31-18-30(12-13-32(31)19-33)27-8-10-28(11-9-27)38-24-52-43(53-38)39-21-34-7-5-6-29-16-17-36(54-46(60)62-3)44(58)57(39)42(29)34/h5-15,18-19,23-24,26,36,39-41H,16-17,20-22,25H2,1-4H3,(H,52,53)(H,54,60)(H,55,61)/t36-,39-,40-,41-/m0/s1. The van der Waals surface area contributed by atoms with Crippen LogP contribution in [0.4, 0.5) is 24.1 Å². The second-order valence-electron chi connectivity index (χ2n) is 17.0. The smallest absolute Gasteiger partial charge is 0.407 e. The van der Waals surface area contributed by atoms with Crippen molar-refractivity contribution in [3.63, 3.8) is 0 Å². The van der Waals surface area contributed by atoms with Crippen LogP contribution in [-0.4, -0.2) is 89.4 Å². The van der Waals surface area contributed by atoms with Crippen molar-refractivity contribution in [1.29, 1.82) is 0 Å². The van der Waals surface area contributed by atoms with Crippen LogP contribution in [0.2, 0.25) is 0 Å². The molecule has 0 bridgehead atoms. The van der Waals surface area contributed by atoms with Gasteiger partial charge in [0.25, 0.3) is 5.92 Å². The highest BCUT2D eigenvalue weighted by molar-refractivity contribution is 6.05. The molecule has 4 aromatic carbocycles. The summed E-state index contributed by atoms with van der Waals surface area (Å²) in [6.45, 7) is 2.73. The molecule has 324 valence electrons. The predicted octanol–water partition coefficient (Wildman–Crippen LogP) is 8.00. The third-order valence-corrected chi connectivity index (χ3v) is 12.6. The van der Waals surface area contributed by atoms with Crippen molar-refractivity contribution >= 4 is 51.7 Å². The summed E-state index contributed by atoms with van der Waals surface area (Å²) in [5.74, 6) is -3.56. The number of anilines is 1. The highest BCUT2D eigenvalue weighted by Crippen LogP contribution is 2.45. The molecule has 3 N–H and O–H groups in total. The van der Waals surface area contributed by atoms with Gasteiger partial charge in [-0.2, -0.15) is 0 Å². The number of hydrogen-bond acceptors (Lipinski definition) is 8. The zero-order valence-corrected chi connectivity index (χ0v) is 35.3. The number of alkyl halides is 2. The Bertz CT molecular complexity index is 2710. The zero-order chi connectivity index (χ0) is 44.2. The molecule has 0 unspecified atom stereocenters. The maximum atomic E-state index is 14.9. The number of amides is 4. The lowest BCUT2D eigenvalue weighted by molar-refractivity contribution is -0.135. The summed E-state index contributed by atoms with van der Waals surface area (Å²) in [6.07, 6.45) is 3.53. The van der Waals surface area contributed by atoms with Gasteiger partial charge in [0, 0.05) is 31.2 Å². The number of allylic oxidation sites excluding steroid dienone is 1. The SMILES string of the molecule is COC(=O)N[C@H]1CCc2cccc3c2N(C1=O)[C@H](c1ncc(-c2ccc(-c4ccc5cc(C6=CN=C([C@@H]7CC(F)(F)CN7C(=O)[C@@H](NC(=O)OC)C(C)C)C6)ccc5c4)cc2)[nH]1)C3. The first kappa shape index (κ1) is 41.5. The van der Waals surface area contributed by atoms with Crippen LogP contribution in [0.3, 0.4) is 0 Å². The van der Waals surface area contributed by atoms with E-state index in [9.17, 15) is 28.0 Å². The minimum absolute atomic E-state index is 0.189. The Balaban J connectivity index is 0.880. The van der Waals surface area contributed by atoms with Crippen LogP contribution >= 0.6 is 0 Å². The molecule has 0 radical (unpaired) electrons. The van der Waals surface area contributed by atoms with E-state index in [-0.39, 0.29) is 17.9 Å². The highest BCUT2D eigenvalue weighted by Gasteiger charge is 2.51. The van der Waals surface area contributed by atoms with Crippen molar-refractivity contribution in [2.24, 2.45) is 10.9 Å². The van der Waals surface area contributed by atoms with Crippen LogP contribution in [0.5, 0.6) is 0 Å². The summed E-state index contributed by atoms with van der Waals surface area (Å²) >= 11 is 0. The number of aromatic nitrogens is 2. The molecule has 0 aliphatic carbocycles. The maximum absolute atomic E-state index is 14.9. The molecule has 5 aromatic rings. The Labute approximate surface area is 362 Å². The van der Waals surface area contributed by atoms with Gasteiger partial charge in [-0.1, -0.05) is 80.6 Å². The lowest BCUT2D eigenvalue weighted by Crippen LogP contribution is -2.54. The number of para-hydroxylation sites is 1. The molecular formula is C48H47F2N7O6. The Morgan fingerprint density at radius 3 is 2.29 bits per heavy atom. The molecule has 5 heterocycles. The van der Waals surface area contributed by atoms with Crippen molar-refractivity contribution in [3.8, 4) is 22.4 Å². The van der Waals surface area contributed by atoms with E-state index in [4.69, 9.17) is 9.72 Å². The Kier molecular flexibility index (Phi) is 10.8. The molecule has 1 fully saturated rings. The molecular weight excluding hydrogens is 809 g/mol. The first-order valence-corrected chi connectivity index (χ1v) is 21.1. The van der Waals surface area contributed by atoms with E-state index in [1.165, 1.54) is 14.2 Å². The number of fused-ring (bicyclic) bond motifs is 1. The van der Waals surface area contributed by atoms with Crippen LogP contribution in [0, 0.1) is 5.92 Å². The number of nitrogens with one attached hydrogen (secondary N) is 3. The number of aliphatic imine (C=N–C) groups is 1. The second kappa shape index (κ2) is 16.4. The van der Waals surface area contributed by atoms with Crippen molar-refractivity contribution in [1.82, 2.24) is 25.5 Å². The minimum Gasteiger partial charge on any atom is -0.453 e. The summed E-state index contributed by atoms with van der Waals surface area (Å²) in [7, 11) is 2.47. The summed E-state index contributed by atoms with van der Waals surface area (Å²) in [6, 6.07) is 23.6. The van der Waals surface area contributed by atoms with E-state index in [2.05, 4.69) is 61.7 Å². The number of methoxy groups -OCH3 is 2. The second-order valence-corrected chi connectivity index (χ2v) is 17.0.